The molecule has 0 amide bonds. The summed E-state index contributed by atoms with van der Waals surface area (Å²) >= 11 is 0. The lowest BCUT2D eigenvalue weighted by Crippen LogP contribution is -2.47. The van der Waals surface area contributed by atoms with Gasteiger partial charge in [0.2, 0.25) is 0 Å². The molecule has 3 unspecified atom stereocenters. The zero-order valence-corrected chi connectivity index (χ0v) is 11.0. The fourth-order valence-corrected chi connectivity index (χ4v) is 2.49. The molecule has 0 radical (unpaired) electrons. The van der Waals surface area contributed by atoms with Gasteiger partial charge in [-0.05, 0) is 19.3 Å². The summed E-state index contributed by atoms with van der Waals surface area (Å²) in [7, 11) is 1.74. The predicted molar refractivity (Wildman–Crippen MR) is 66.5 cm³/mol. The molecule has 0 aromatic heterocycles. The van der Waals surface area contributed by atoms with Crippen LogP contribution in [0.2, 0.25) is 0 Å². The molecule has 0 bridgehead atoms. The Morgan fingerprint density at radius 1 is 1.50 bits per heavy atom. The second kappa shape index (κ2) is 6.58. The van der Waals surface area contributed by atoms with Crippen molar-refractivity contribution in [2.45, 2.75) is 58.1 Å². The van der Waals surface area contributed by atoms with Crippen LogP contribution in [0.25, 0.3) is 0 Å². The van der Waals surface area contributed by atoms with E-state index in [1.54, 1.807) is 7.11 Å². The number of hydrogen-bond acceptors (Lipinski definition) is 3. The normalized spacial score (nSPS) is 32.6. The second-order valence-corrected chi connectivity index (χ2v) is 5.36. The van der Waals surface area contributed by atoms with Gasteiger partial charge in [0, 0.05) is 25.1 Å². The van der Waals surface area contributed by atoms with Gasteiger partial charge in [-0.25, -0.2) is 0 Å². The molecule has 96 valence electrons. The van der Waals surface area contributed by atoms with Crippen molar-refractivity contribution < 1.29 is 9.84 Å². The summed E-state index contributed by atoms with van der Waals surface area (Å²) in [4.78, 5) is 0. The topological polar surface area (TPSA) is 41.5 Å². The summed E-state index contributed by atoms with van der Waals surface area (Å²) in [6.45, 7) is 6.01. The van der Waals surface area contributed by atoms with Crippen LogP contribution < -0.4 is 5.32 Å². The number of nitrogens with one attached hydrogen (secondary N) is 1. The quantitative estimate of drug-likeness (QED) is 0.731. The lowest BCUT2D eigenvalue weighted by atomic mass is 9.73. The summed E-state index contributed by atoms with van der Waals surface area (Å²) in [5, 5.41) is 13.6. The van der Waals surface area contributed by atoms with Crippen LogP contribution in [0, 0.1) is 5.41 Å². The summed E-state index contributed by atoms with van der Waals surface area (Å²) in [6, 6.07) is 0.413. The molecule has 3 atom stereocenters. The van der Waals surface area contributed by atoms with Gasteiger partial charge in [-0.3, -0.25) is 0 Å². The Morgan fingerprint density at radius 3 is 2.81 bits per heavy atom. The third kappa shape index (κ3) is 3.72. The van der Waals surface area contributed by atoms with E-state index in [1.807, 2.05) is 0 Å². The van der Waals surface area contributed by atoms with Crippen molar-refractivity contribution in [1.29, 1.82) is 0 Å². The minimum atomic E-state index is -0.145. The minimum Gasteiger partial charge on any atom is -0.393 e. The van der Waals surface area contributed by atoms with Gasteiger partial charge in [-0.2, -0.15) is 0 Å². The van der Waals surface area contributed by atoms with Gasteiger partial charge >= 0.3 is 0 Å². The molecule has 1 aliphatic rings. The maximum atomic E-state index is 10.1. The van der Waals surface area contributed by atoms with Gasteiger partial charge < -0.3 is 15.2 Å². The highest BCUT2D eigenvalue weighted by molar-refractivity contribution is 4.88. The number of methoxy groups -OCH3 is 1. The maximum absolute atomic E-state index is 10.1. The lowest BCUT2D eigenvalue weighted by Gasteiger charge is -2.39. The molecule has 3 nitrogen and oxygen atoms in total. The fraction of sp³-hybridized carbons (Fsp3) is 1.00. The van der Waals surface area contributed by atoms with Crippen LogP contribution in [0.1, 0.15) is 46.0 Å². The van der Waals surface area contributed by atoms with Crippen LogP contribution in [0.15, 0.2) is 0 Å². The highest BCUT2D eigenvalue weighted by Gasteiger charge is 2.35. The van der Waals surface area contributed by atoms with Gasteiger partial charge in [-0.1, -0.05) is 26.7 Å². The average molecular weight is 229 g/mol. The molecule has 1 rings (SSSR count). The Bertz CT molecular complexity index is 198. The van der Waals surface area contributed by atoms with Crippen LogP contribution in [-0.2, 0) is 4.74 Å². The van der Waals surface area contributed by atoms with Gasteiger partial charge in [0.05, 0.1) is 12.7 Å². The van der Waals surface area contributed by atoms with Gasteiger partial charge in [0.1, 0.15) is 0 Å². The zero-order chi connectivity index (χ0) is 12.0. The molecular formula is C13H27NO2. The van der Waals surface area contributed by atoms with Crippen molar-refractivity contribution in [2.75, 3.05) is 20.3 Å². The van der Waals surface area contributed by atoms with Crippen molar-refractivity contribution in [1.82, 2.24) is 5.32 Å². The minimum absolute atomic E-state index is 0.0550. The van der Waals surface area contributed by atoms with Gasteiger partial charge in [0.25, 0.3) is 0 Å². The van der Waals surface area contributed by atoms with E-state index in [-0.39, 0.29) is 11.5 Å². The van der Waals surface area contributed by atoms with Crippen LogP contribution >= 0.6 is 0 Å². The Hall–Kier alpha value is -0.120. The number of aliphatic hydroxyl groups excluding tert-OH is 1. The third-order valence-electron chi connectivity index (χ3n) is 3.94. The molecule has 1 saturated carbocycles. The summed E-state index contributed by atoms with van der Waals surface area (Å²) in [5.74, 6) is 0. The standard InChI is InChI=1S/C13H27NO2/c1-4-11(9-16-3)14-10-13(2)8-6-5-7-12(13)15/h11-12,14-15H,4-10H2,1-3H3. The van der Waals surface area contributed by atoms with Crippen LogP contribution in [0.5, 0.6) is 0 Å². The molecule has 1 aliphatic carbocycles. The molecule has 0 heterocycles. The number of ether oxygens (including phenoxy) is 1. The van der Waals surface area contributed by atoms with E-state index in [2.05, 4.69) is 19.2 Å². The van der Waals surface area contributed by atoms with Crippen LogP contribution in [-0.4, -0.2) is 37.5 Å². The van der Waals surface area contributed by atoms with Gasteiger partial charge in [0.15, 0.2) is 0 Å². The molecule has 16 heavy (non-hydrogen) atoms. The molecule has 3 heteroatoms. The fourth-order valence-electron chi connectivity index (χ4n) is 2.49. The summed E-state index contributed by atoms with van der Waals surface area (Å²) in [6.07, 6.45) is 5.43. The smallest absolute Gasteiger partial charge is 0.0615 e. The molecule has 0 aliphatic heterocycles. The zero-order valence-electron chi connectivity index (χ0n) is 11.0. The molecule has 0 spiro atoms. The second-order valence-electron chi connectivity index (χ2n) is 5.36. The maximum Gasteiger partial charge on any atom is 0.0615 e. The van der Waals surface area contributed by atoms with Crippen LogP contribution in [0.3, 0.4) is 0 Å². The third-order valence-corrected chi connectivity index (χ3v) is 3.94. The van der Waals surface area contributed by atoms with E-state index >= 15 is 0 Å². The Morgan fingerprint density at radius 2 is 2.25 bits per heavy atom. The Balaban J connectivity index is 2.39. The largest absolute Gasteiger partial charge is 0.393 e. The lowest BCUT2D eigenvalue weighted by molar-refractivity contribution is -0.00209. The molecule has 0 aromatic rings. The van der Waals surface area contributed by atoms with Crippen molar-refractivity contribution in [3.05, 3.63) is 0 Å². The van der Waals surface area contributed by atoms with E-state index in [4.69, 9.17) is 4.74 Å². The first kappa shape index (κ1) is 13.9. The Kier molecular flexibility index (Phi) is 5.73. The first-order valence-electron chi connectivity index (χ1n) is 6.52. The summed E-state index contributed by atoms with van der Waals surface area (Å²) in [5.41, 5.74) is 0.0550. The predicted octanol–water partition coefficient (Wildman–Crippen LogP) is 1.94. The van der Waals surface area contributed by atoms with E-state index in [9.17, 15) is 5.11 Å². The van der Waals surface area contributed by atoms with E-state index in [1.165, 1.54) is 12.8 Å². The number of aliphatic hydroxyl groups is 1. The number of hydrogen-bond donors (Lipinski definition) is 2. The highest BCUT2D eigenvalue weighted by Crippen LogP contribution is 2.35. The molecule has 0 saturated heterocycles. The monoisotopic (exact) mass is 229 g/mol. The van der Waals surface area contributed by atoms with Crippen molar-refractivity contribution in [3.8, 4) is 0 Å². The van der Waals surface area contributed by atoms with E-state index in [0.717, 1.165) is 32.4 Å². The summed E-state index contributed by atoms with van der Waals surface area (Å²) < 4.78 is 5.17. The molecule has 1 fully saturated rings. The van der Waals surface area contributed by atoms with E-state index in [0.29, 0.717) is 6.04 Å². The molecule has 0 aromatic carbocycles. The van der Waals surface area contributed by atoms with Crippen molar-refractivity contribution in [2.24, 2.45) is 5.41 Å². The van der Waals surface area contributed by atoms with E-state index < -0.39 is 0 Å². The highest BCUT2D eigenvalue weighted by atomic mass is 16.5. The first-order chi connectivity index (χ1) is 7.62. The van der Waals surface area contributed by atoms with Gasteiger partial charge in [-0.15, -0.1) is 0 Å². The van der Waals surface area contributed by atoms with Crippen LogP contribution in [0.4, 0.5) is 0 Å². The average Bonchev–Trinajstić information content (AvgIpc) is 2.29. The SMILES string of the molecule is CCC(COC)NCC1(C)CCCCC1O. The molecule has 2 N–H and O–H groups in total. The molecular weight excluding hydrogens is 202 g/mol. The first-order valence-corrected chi connectivity index (χ1v) is 6.52. The Labute approximate surface area is 99.6 Å². The number of rotatable bonds is 6. The van der Waals surface area contributed by atoms with Crippen molar-refractivity contribution >= 4 is 0 Å². The van der Waals surface area contributed by atoms with Crippen molar-refractivity contribution in [3.63, 3.8) is 0 Å².